The largest absolute Gasteiger partial charge is 0.497 e. The van der Waals surface area contributed by atoms with Crippen molar-refractivity contribution in [2.24, 2.45) is 0 Å². The van der Waals surface area contributed by atoms with Crippen LogP contribution in [0.25, 0.3) is 11.0 Å². The van der Waals surface area contributed by atoms with Crippen LogP contribution in [0.2, 0.25) is 0 Å². The minimum Gasteiger partial charge on any atom is -0.497 e. The van der Waals surface area contributed by atoms with E-state index >= 15 is 0 Å². The highest BCUT2D eigenvalue weighted by Crippen LogP contribution is 2.36. The first-order valence-corrected chi connectivity index (χ1v) is 10.0. The molecule has 0 fully saturated rings. The molecule has 0 atom stereocenters. The SMILES string of the molecule is COC(=O)Cc1c(C)c2cc3c(c(C)c2oc1=O)OCN(Cc1cccc(OC)c1)C3. The Kier molecular flexibility index (Phi) is 5.69. The van der Waals surface area contributed by atoms with Gasteiger partial charge in [0.05, 0.1) is 26.2 Å². The molecular formula is C24H25NO6. The molecule has 0 saturated carbocycles. The molecule has 0 radical (unpaired) electrons. The van der Waals surface area contributed by atoms with E-state index in [0.717, 1.165) is 39.1 Å². The number of fused-ring (bicyclic) bond motifs is 2. The van der Waals surface area contributed by atoms with Gasteiger partial charge in [-0.15, -0.1) is 0 Å². The molecule has 0 amide bonds. The van der Waals surface area contributed by atoms with Gasteiger partial charge < -0.3 is 18.6 Å². The van der Waals surface area contributed by atoms with E-state index in [2.05, 4.69) is 11.0 Å². The van der Waals surface area contributed by atoms with E-state index in [4.69, 9.17) is 18.6 Å². The molecule has 0 spiro atoms. The fraction of sp³-hybridized carbons (Fsp3) is 0.333. The van der Waals surface area contributed by atoms with Crippen LogP contribution in [0.1, 0.15) is 27.8 Å². The van der Waals surface area contributed by atoms with Gasteiger partial charge in [0.1, 0.15) is 23.8 Å². The Morgan fingerprint density at radius 2 is 1.97 bits per heavy atom. The summed E-state index contributed by atoms with van der Waals surface area (Å²) in [6.45, 7) is 5.56. The summed E-state index contributed by atoms with van der Waals surface area (Å²) in [5.41, 5.74) is 3.96. The number of ether oxygens (including phenoxy) is 3. The van der Waals surface area contributed by atoms with Crippen LogP contribution in [0.3, 0.4) is 0 Å². The first-order chi connectivity index (χ1) is 14.9. The zero-order valence-electron chi connectivity index (χ0n) is 18.1. The summed E-state index contributed by atoms with van der Waals surface area (Å²) in [5.74, 6) is 1.09. The van der Waals surface area contributed by atoms with E-state index in [-0.39, 0.29) is 6.42 Å². The molecule has 0 bridgehead atoms. The van der Waals surface area contributed by atoms with Crippen LogP contribution in [-0.2, 0) is 29.0 Å². The maximum Gasteiger partial charge on any atom is 0.340 e. The average Bonchev–Trinajstić information content (AvgIpc) is 2.77. The van der Waals surface area contributed by atoms with Crippen molar-refractivity contribution < 1.29 is 23.4 Å². The number of carbonyl (C=O) groups excluding carboxylic acids is 1. The Bertz CT molecular complexity index is 1210. The quantitative estimate of drug-likeness (QED) is 0.459. The molecule has 0 aliphatic carbocycles. The predicted octanol–water partition coefficient (Wildman–Crippen LogP) is 3.49. The van der Waals surface area contributed by atoms with E-state index in [1.807, 2.05) is 38.1 Å². The van der Waals surface area contributed by atoms with Gasteiger partial charge in [-0.2, -0.15) is 0 Å². The molecule has 162 valence electrons. The zero-order chi connectivity index (χ0) is 22.1. The van der Waals surface area contributed by atoms with Crippen molar-refractivity contribution in [1.29, 1.82) is 0 Å². The van der Waals surface area contributed by atoms with Gasteiger partial charge in [-0.3, -0.25) is 9.69 Å². The smallest absolute Gasteiger partial charge is 0.340 e. The third kappa shape index (κ3) is 4.01. The fourth-order valence-electron chi connectivity index (χ4n) is 4.04. The number of carbonyl (C=O) groups is 1. The number of aryl methyl sites for hydroxylation is 2. The molecule has 0 unspecified atom stereocenters. The second-order valence-corrected chi connectivity index (χ2v) is 7.72. The van der Waals surface area contributed by atoms with Gasteiger partial charge in [0, 0.05) is 29.6 Å². The molecule has 2 heterocycles. The summed E-state index contributed by atoms with van der Waals surface area (Å²) in [6, 6.07) is 9.96. The van der Waals surface area contributed by atoms with Crippen LogP contribution in [0.4, 0.5) is 0 Å². The molecule has 1 aliphatic rings. The summed E-state index contributed by atoms with van der Waals surface area (Å²) in [6.07, 6.45) is -0.116. The number of benzene rings is 2. The van der Waals surface area contributed by atoms with Crippen molar-refractivity contribution in [3.8, 4) is 11.5 Å². The predicted molar refractivity (Wildman–Crippen MR) is 115 cm³/mol. The highest BCUT2D eigenvalue weighted by atomic mass is 16.5. The van der Waals surface area contributed by atoms with Gasteiger partial charge in [-0.05, 0) is 43.2 Å². The first-order valence-electron chi connectivity index (χ1n) is 10.0. The number of methoxy groups -OCH3 is 2. The molecular weight excluding hydrogens is 398 g/mol. The molecule has 7 heteroatoms. The van der Waals surface area contributed by atoms with Crippen molar-refractivity contribution in [3.63, 3.8) is 0 Å². The van der Waals surface area contributed by atoms with Gasteiger partial charge in [0.2, 0.25) is 0 Å². The highest BCUT2D eigenvalue weighted by molar-refractivity contribution is 5.88. The Hall–Kier alpha value is -3.32. The lowest BCUT2D eigenvalue weighted by atomic mass is 9.97. The molecule has 2 aromatic carbocycles. The van der Waals surface area contributed by atoms with Crippen LogP contribution in [-0.4, -0.2) is 31.8 Å². The van der Waals surface area contributed by atoms with Crippen LogP contribution in [0.5, 0.6) is 11.5 Å². The second kappa shape index (κ2) is 8.43. The normalized spacial score (nSPS) is 13.5. The van der Waals surface area contributed by atoms with E-state index < -0.39 is 11.6 Å². The Morgan fingerprint density at radius 1 is 1.16 bits per heavy atom. The third-order valence-electron chi connectivity index (χ3n) is 5.71. The molecule has 1 aliphatic heterocycles. The topological polar surface area (TPSA) is 78.2 Å². The standard InChI is InChI=1S/C24H25NO6/c1-14-19-9-17-12-25(11-16-6-5-7-18(8-16)28-3)13-30-22(17)15(2)23(19)31-24(27)20(14)10-21(26)29-4/h5-9H,10-13H2,1-4H3. The van der Waals surface area contributed by atoms with Crippen molar-refractivity contribution in [3.05, 3.63) is 68.6 Å². The first kappa shape index (κ1) is 20.9. The minimum absolute atomic E-state index is 0.116. The molecule has 0 saturated heterocycles. The lowest BCUT2D eigenvalue weighted by molar-refractivity contribution is -0.139. The summed E-state index contributed by atoms with van der Waals surface area (Å²) in [4.78, 5) is 26.4. The lowest BCUT2D eigenvalue weighted by Gasteiger charge is -2.30. The molecule has 3 aromatic rings. The number of rotatable bonds is 5. The van der Waals surface area contributed by atoms with E-state index in [1.165, 1.54) is 7.11 Å². The fourth-order valence-corrected chi connectivity index (χ4v) is 4.04. The van der Waals surface area contributed by atoms with Crippen LogP contribution < -0.4 is 15.1 Å². The van der Waals surface area contributed by atoms with Crippen LogP contribution >= 0.6 is 0 Å². The summed E-state index contributed by atoms with van der Waals surface area (Å²) in [7, 11) is 2.96. The summed E-state index contributed by atoms with van der Waals surface area (Å²) in [5, 5.41) is 0.807. The molecule has 31 heavy (non-hydrogen) atoms. The number of esters is 1. The molecule has 7 nitrogen and oxygen atoms in total. The summed E-state index contributed by atoms with van der Waals surface area (Å²) >= 11 is 0. The highest BCUT2D eigenvalue weighted by Gasteiger charge is 2.24. The number of nitrogens with zero attached hydrogens (tertiary/aromatic N) is 1. The van der Waals surface area contributed by atoms with Gasteiger partial charge >= 0.3 is 11.6 Å². The zero-order valence-corrected chi connectivity index (χ0v) is 18.1. The maximum atomic E-state index is 12.5. The van der Waals surface area contributed by atoms with Gasteiger partial charge in [-0.1, -0.05) is 12.1 Å². The Balaban J connectivity index is 1.70. The number of hydrogen-bond donors (Lipinski definition) is 0. The maximum absolute atomic E-state index is 12.5. The van der Waals surface area contributed by atoms with E-state index in [1.54, 1.807) is 7.11 Å². The van der Waals surface area contributed by atoms with Crippen molar-refractivity contribution in [2.75, 3.05) is 21.0 Å². The summed E-state index contributed by atoms with van der Waals surface area (Å²) < 4.78 is 21.7. The molecule has 4 rings (SSSR count). The van der Waals surface area contributed by atoms with E-state index in [9.17, 15) is 9.59 Å². The average molecular weight is 423 g/mol. The van der Waals surface area contributed by atoms with Gasteiger partial charge in [-0.25, -0.2) is 4.79 Å². The van der Waals surface area contributed by atoms with Crippen molar-refractivity contribution in [1.82, 2.24) is 4.90 Å². The van der Waals surface area contributed by atoms with Crippen molar-refractivity contribution >= 4 is 16.9 Å². The van der Waals surface area contributed by atoms with Crippen LogP contribution in [0.15, 0.2) is 39.5 Å². The third-order valence-corrected chi connectivity index (χ3v) is 5.71. The second-order valence-electron chi connectivity index (χ2n) is 7.72. The van der Waals surface area contributed by atoms with Gasteiger partial charge in [0.25, 0.3) is 0 Å². The Morgan fingerprint density at radius 3 is 2.71 bits per heavy atom. The Labute approximate surface area is 180 Å². The molecule has 1 aromatic heterocycles. The number of hydrogen-bond acceptors (Lipinski definition) is 7. The monoisotopic (exact) mass is 423 g/mol. The van der Waals surface area contributed by atoms with Gasteiger partial charge in [0.15, 0.2) is 0 Å². The lowest BCUT2D eigenvalue weighted by Crippen LogP contribution is -2.32. The minimum atomic E-state index is -0.520. The molecule has 0 N–H and O–H groups in total. The van der Waals surface area contributed by atoms with E-state index in [0.29, 0.717) is 31.0 Å². The van der Waals surface area contributed by atoms with Crippen LogP contribution in [0, 0.1) is 13.8 Å². The van der Waals surface area contributed by atoms with Crippen molar-refractivity contribution in [2.45, 2.75) is 33.4 Å².